The average molecular weight is 533 g/mol. The van der Waals surface area contributed by atoms with Crippen LogP contribution in [0.2, 0.25) is 0 Å². The van der Waals surface area contributed by atoms with Gasteiger partial charge in [-0.2, -0.15) is 5.10 Å². The molecule has 2 aromatic carbocycles. The predicted octanol–water partition coefficient (Wildman–Crippen LogP) is 2.99. The average Bonchev–Trinajstić information content (AvgIpc) is 2.78. The molecule has 0 aliphatic heterocycles. The number of hydrogen-bond acceptors (Lipinski definition) is 6. The summed E-state index contributed by atoms with van der Waals surface area (Å²) in [6, 6.07) is 9.14. The van der Waals surface area contributed by atoms with Crippen LogP contribution in [0, 0.1) is 20.8 Å². The van der Waals surface area contributed by atoms with Gasteiger partial charge in [-0.25, -0.2) is 5.43 Å². The standard InChI is InChI=1S/C24H29BrN4O5/c1-15-10-16(2)22(17(3)11-15)28-21(30)14-34-20-7-6-19(25)12-18(20)13-27-29-24(32)23(31)26-8-5-9-33-4/h6-7,10-13H,5,8-9,14H2,1-4H3,(H,26,31)(H,28,30)(H,29,32)/b27-13-. The van der Waals surface area contributed by atoms with Crippen LogP contribution in [0.15, 0.2) is 39.9 Å². The van der Waals surface area contributed by atoms with Crippen LogP contribution in [0.4, 0.5) is 5.69 Å². The molecule has 2 rings (SSSR count). The van der Waals surface area contributed by atoms with Crippen LogP contribution in [-0.2, 0) is 19.1 Å². The summed E-state index contributed by atoms with van der Waals surface area (Å²) in [5.74, 6) is -1.61. The van der Waals surface area contributed by atoms with Crippen LogP contribution in [0.25, 0.3) is 0 Å². The summed E-state index contributed by atoms with van der Waals surface area (Å²) < 4.78 is 11.3. The number of halogens is 1. The fourth-order valence-corrected chi connectivity index (χ4v) is 3.54. The molecule has 0 aromatic heterocycles. The highest BCUT2D eigenvalue weighted by Crippen LogP contribution is 2.23. The Hall–Kier alpha value is -3.24. The van der Waals surface area contributed by atoms with Crippen LogP contribution in [0.5, 0.6) is 5.75 Å². The highest BCUT2D eigenvalue weighted by molar-refractivity contribution is 9.10. The second-order valence-electron chi connectivity index (χ2n) is 7.59. The Morgan fingerprint density at radius 2 is 1.76 bits per heavy atom. The highest BCUT2D eigenvalue weighted by Gasteiger charge is 2.13. The molecule has 0 unspecified atom stereocenters. The number of hydrogen-bond donors (Lipinski definition) is 3. The first-order chi connectivity index (χ1) is 16.2. The third kappa shape index (κ3) is 8.60. The number of nitrogens with one attached hydrogen (secondary N) is 3. The maximum absolute atomic E-state index is 12.5. The molecule has 9 nitrogen and oxygen atoms in total. The van der Waals surface area contributed by atoms with Crippen molar-refractivity contribution in [3.8, 4) is 5.75 Å². The number of carbonyl (C=O) groups excluding carboxylic acids is 3. The van der Waals surface area contributed by atoms with Crippen molar-refractivity contribution in [2.24, 2.45) is 5.10 Å². The molecule has 0 radical (unpaired) electrons. The molecule has 3 N–H and O–H groups in total. The van der Waals surface area contributed by atoms with E-state index in [2.05, 4.69) is 37.1 Å². The van der Waals surface area contributed by atoms with Crippen molar-refractivity contribution in [2.75, 3.05) is 32.2 Å². The summed E-state index contributed by atoms with van der Waals surface area (Å²) in [6.07, 6.45) is 1.93. The summed E-state index contributed by atoms with van der Waals surface area (Å²) >= 11 is 3.37. The van der Waals surface area contributed by atoms with E-state index in [1.54, 1.807) is 25.3 Å². The number of carbonyl (C=O) groups is 3. The van der Waals surface area contributed by atoms with Gasteiger partial charge in [-0.1, -0.05) is 33.6 Å². The van der Waals surface area contributed by atoms with E-state index in [1.807, 2.05) is 32.9 Å². The lowest BCUT2D eigenvalue weighted by Crippen LogP contribution is -2.38. The van der Waals surface area contributed by atoms with Crippen molar-refractivity contribution in [2.45, 2.75) is 27.2 Å². The Bertz CT molecular complexity index is 1050. The molecule has 0 aliphatic rings. The molecular weight excluding hydrogens is 504 g/mol. The molecule has 0 saturated heterocycles. The Morgan fingerprint density at radius 1 is 1.06 bits per heavy atom. The largest absolute Gasteiger partial charge is 0.483 e. The van der Waals surface area contributed by atoms with E-state index < -0.39 is 11.8 Å². The van der Waals surface area contributed by atoms with E-state index in [-0.39, 0.29) is 12.5 Å². The normalized spacial score (nSPS) is 10.7. The molecule has 2 aromatic rings. The molecule has 10 heteroatoms. The highest BCUT2D eigenvalue weighted by atomic mass is 79.9. The number of rotatable bonds is 10. The van der Waals surface area contributed by atoms with E-state index in [0.29, 0.717) is 30.9 Å². The Morgan fingerprint density at radius 3 is 2.44 bits per heavy atom. The lowest BCUT2D eigenvalue weighted by molar-refractivity contribution is -0.139. The Labute approximate surface area is 207 Å². The van der Waals surface area contributed by atoms with E-state index in [4.69, 9.17) is 9.47 Å². The third-order valence-electron chi connectivity index (χ3n) is 4.66. The number of methoxy groups -OCH3 is 1. The van der Waals surface area contributed by atoms with E-state index in [9.17, 15) is 14.4 Å². The van der Waals surface area contributed by atoms with Gasteiger partial charge in [-0.05, 0) is 56.5 Å². The molecule has 0 fully saturated rings. The first-order valence-electron chi connectivity index (χ1n) is 10.6. The molecule has 182 valence electrons. The van der Waals surface area contributed by atoms with Gasteiger partial charge in [0.1, 0.15) is 5.75 Å². The first-order valence-corrected chi connectivity index (χ1v) is 11.4. The maximum atomic E-state index is 12.5. The quantitative estimate of drug-likeness (QED) is 0.188. The van der Waals surface area contributed by atoms with Crippen LogP contribution >= 0.6 is 15.9 Å². The van der Waals surface area contributed by atoms with E-state index >= 15 is 0 Å². The van der Waals surface area contributed by atoms with Crippen LogP contribution in [0.3, 0.4) is 0 Å². The zero-order valence-electron chi connectivity index (χ0n) is 19.7. The minimum atomic E-state index is -0.894. The van der Waals surface area contributed by atoms with Gasteiger partial charge in [-0.3, -0.25) is 14.4 Å². The fourth-order valence-electron chi connectivity index (χ4n) is 3.16. The monoisotopic (exact) mass is 532 g/mol. The van der Waals surface area contributed by atoms with Crippen LogP contribution in [-0.4, -0.2) is 50.8 Å². The molecule has 0 heterocycles. The Balaban J connectivity index is 1.96. The molecule has 0 spiro atoms. The fraction of sp³-hybridized carbons (Fsp3) is 0.333. The number of nitrogens with zero attached hydrogens (tertiary/aromatic N) is 1. The first kappa shape index (κ1) is 27.0. The smallest absolute Gasteiger partial charge is 0.329 e. The van der Waals surface area contributed by atoms with E-state index in [0.717, 1.165) is 26.9 Å². The minimum Gasteiger partial charge on any atom is -0.483 e. The summed E-state index contributed by atoms with van der Waals surface area (Å²) in [4.78, 5) is 36.1. The number of hydrazone groups is 1. The zero-order valence-corrected chi connectivity index (χ0v) is 21.2. The lowest BCUT2D eigenvalue weighted by Gasteiger charge is -2.14. The van der Waals surface area contributed by atoms with Gasteiger partial charge >= 0.3 is 11.8 Å². The van der Waals surface area contributed by atoms with Gasteiger partial charge in [-0.15, -0.1) is 0 Å². The molecule has 0 saturated carbocycles. The Kier molecular flexibility index (Phi) is 10.7. The van der Waals surface area contributed by atoms with Crippen molar-refractivity contribution < 1.29 is 23.9 Å². The third-order valence-corrected chi connectivity index (χ3v) is 5.15. The van der Waals surface area contributed by atoms with Gasteiger partial charge in [0.2, 0.25) is 0 Å². The van der Waals surface area contributed by atoms with Crippen molar-refractivity contribution in [3.63, 3.8) is 0 Å². The van der Waals surface area contributed by atoms with Crippen LogP contribution < -0.4 is 20.8 Å². The lowest BCUT2D eigenvalue weighted by atomic mass is 10.1. The van der Waals surface area contributed by atoms with Crippen molar-refractivity contribution in [1.29, 1.82) is 0 Å². The van der Waals surface area contributed by atoms with Crippen molar-refractivity contribution >= 4 is 45.6 Å². The SMILES string of the molecule is COCCCNC(=O)C(=O)N/N=C\c1cc(Br)ccc1OCC(=O)Nc1c(C)cc(C)cc1C. The maximum Gasteiger partial charge on any atom is 0.329 e. The molecular formula is C24H29BrN4O5. The number of anilines is 1. The number of ether oxygens (including phenoxy) is 2. The topological polar surface area (TPSA) is 118 Å². The number of amides is 3. The minimum absolute atomic E-state index is 0.217. The van der Waals surface area contributed by atoms with Crippen molar-refractivity contribution in [3.05, 3.63) is 57.1 Å². The second kappa shape index (κ2) is 13.5. The van der Waals surface area contributed by atoms with Gasteiger partial charge in [0.25, 0.3) is 5.91 Å². The zero-order chi connectivity index (χ0) is 25.1. The summed E-state index contributed by atoms with van der Waals surface area (Å²) in [7, 11) is 1.56. The van der Waals surface area contributed by atoms with Gasteiger partial charge in [0.05, 0.1) is 6.21 Å². The van der Waals surface area contributed by atoms with Crippen LogP contribution in [0.1, 0.15) is 28.7 Å². The summed E-state index contributed by atoms with van der Waals surface area (Å²) in [5.41, 5.74) is 6.51. The van der Waals surface area contributed by atoms with Gasteiger partial charge in [0, 0.05) is 36.0 Å². The second-order valence-corrected chi connectivity index (χ2v) is 8.51. The predicted molar refractivity (Wildman–Crippen MR) is 134 cm³/mol. The molecule has 0 bridgehead atoms. The van der Waals surface area contributed by atoms with Gasteiger partial charge < -0.3 is 20.1 Å². The molecule has 34 heavy (non-hydrogen) atoms. The van der Waals surface area contributed by atoms with Crippen molar-refractivity contribution in [1.82, 2.24) is 10.7 Å². The molecule has 3 amide bonds. The van der Waals surface area contributed by atoms with Gasteiger partial charge in [0.15, 0.2) is 6.61 Å². The van der Waals surface area contributed by atoms with E-state index in [1.165, 1.54) is 6.21 Å². The molecule has 0 atom stereocenters. The number of benzene rings is 2. The molecule has 0 aliphatic carbocycles. The summed E-state index contributed by atoms with van der Waals surface area (Å²) in [6.45, 7) is 6.46. The summed E-state index contributed by atoms with van der Waals surface area (Å²) in [5, 5.41) is 9.18. The number of aryl methyl sites for hydroxylation is 3.